The van der Waals surface area contributed by atoms with Gasteiger partial charge < -0.3 is 10.6 Å². The summed E-state index contributed by atoms with van der Waals surface area (Å²) in [5.74, 6) is 1.29. The number of hydrogen-bond donors (Lipinski definition) is 1. The van der Waals surface area contributed by atoms with Crippen LogP contribution in [-0.2, 0) is 11.2 Å². The highest BCUT2D eigenvalue weighted by Crippen LogP contribution is 2.47. The van der Waals surface area contributed by atoms with E-state index in [2.05, 4.69) is 12.1 Å². The third-order valence-corrected chi connectivity index (χ3v) is 3.60. The van der Waals surface area contributed by atoms with E-state index in [4.69, 9.17) is 5.73 Å². The number of nitrogens with zero attached hydrogens (tertiary/aromatic N) is 1. The van der Waals surface area contributed by atoms with Crippen LogP contribution in [0.15, 0.2) is 24.3 Å². The Kier molecular flexibility index (Phi) is 2.21. The summed E-state index contributed by atoms with van der Waals surface area (Å²) in [6.45, 7) is 1.59. The number of benzene rings is 1. The zero-order chi connectivity index (χ0) is 11.1. The molecule has 84 valence electrons. The molecule has 1 amide bonds. The van der Waals surface area contributed by atoms with E-state index in [9.17, 15) is 4.79 Å². The average molecular weight is 216 g/mol. The fraction of sp³-hybridized carbons (Fsp3) is 0.462. The number of carbonyl (C=O) groups excluding carboxylic acids is 1. The Morgan fingerprint density at radius 1 is 1.31 bits per heavy atom. The topological polar surface area (TPSA) is 46.3 Å². The average Bonchev–Trinajstić information content (AvgIpc) is 3.00. The normalized spacial score (nSPS) is 27.1. The first-order valence-electron chi connectivity index (χ1n) is 5.90. The summed E-state index contributed by atoms with van der Waals surface area (Å²) < 4.78 is 0. The van der Waals surface area contributed by atoms with Crippen molar-refractivity contribution in [1.82, 2.24) is 0 Å². The van der Waals surface area contributed by atoms with E-state index < -0.39 is 0 Å². The Labute approximate surface area is 95.2 Å². The molecular formula is C13H16N2O. The van der Waals surface area contributed by atoms with Crippen LogP contribution in [0.1, 0.15) is 12.0 Å². The Hall–Kier alpha value is -1.35. The number of rotatable bonds is 3. The molecule has 1 aromatic rings. The van der Waals surface area contributed by atoms with E-state index in [0.717, 1.165) is 25.1 Å². The Balaban J connectivity index is 1.77. The van der Waals surface area contributed by atoms with Crippen molar-refractivity contribution in [3.8, 4) is 0 Å². The van der Waals surface area contributed by atoms with Crippen LogP contribution in [0.3, 0.4) is 0 Å². The maximum absolute atomic E-state index is 11.9. The van der Waals surface area contributed by atoms with Gasteiger partial charge in [0, 0.05) is 18.2 Å². The lowest BCUT2D eigenvalue weighted by Crippen LogP contribution is -2.27. The van der Waals surface area contributed by atoms with Crippen molar-refractivity contribution in [3.63, 3.8) is 0 Å². The fourth-order valence-corrected chi connectivity index (χ4v) is 2.52. The molecule has 1 aromatic carbocycles. The molecule has 1 aliphatic carbocycles. The Morgan fingerprint density at radius 2 is 2.06 bits per heavy atom. The third kappa shape index (κ3) is 1.52. The molecule has 2 unspecified atom stereocenters. The van der Waals surface area contributed by atoms with Crippen molar-refractivity contribution in [1.29, 1.82) is 0 Å². The molecule has 1 saturated carbocycles. The second kappa shape index (κ2) is 3.59. The van der Waals surface area contributed by atoms with Crippen LogP contribution in [-0.4, -0.2) is 19.0 Å². The van der Waals surface area contributed by atoms with E-state index in [1.807, 2.05) is 17.0 Å². The van der Waals surface area contributed by atoms with Gasteiger partial charge in [0.25, 0.3) is 0 Å². The number of anilines is 1. The predicted molar refractivity (Wildman–Crippen MR) is 63.2 cm³/mol. The molecule has 3 nitrogen and oxygen atoms in total. The van der Waals surface area contributed by atoms with Gasteiger partial charge >= 0.3 is 0 Å². The van der Waals surface area contributed by atoms with Gasteiger partial charge in [0.05, 0.1) is 0 Å². The van der Waals surface area contributed by atoms with Gasteiger partial charge in [0.2, 0.25) is 5.91 Å². The van der Waals surface area contributed by atoms with Crippen LogP contribution < -0.4 is 10.6 Å². The molecule has 1 aliphatic heterocycles. The van der Waals surface area contributed by atoms with Crippen LogP contribution in [0.5, 0.6) is 0 Å². The molecule has 0 spiro atoms. The van der Waals surface area contributed by atoms with E-state index in [1.165, 1.54) is 5.56 Å². The standard InChI is InChI=1S/C13H16N2O/c14-6-5-9-1-3-11(4-2-9)15-8-10-7-12(10)13(15)16/h1-4,10,12H,5-8,14H2. The second-order valence-corrected chi connectivity index (χ2v) is 4.76. The molecule has 1 heterocycles. The minimum absolute atomic E-state index is 0.316. The first kappa shape index (κ1) is 9.85. The van der Waals surface area contributed by atoms with Crippen LogP contribution in [0.2, 0.25) is 0 Å². The van der Waals surface area contributed by atoms with Gasteiger partial charge in [0.15, 0.2) is 0 Å². The van der Waals surface area contributed by atoms with E-state index >= 15 is 0 Å². The van der Waals surface area contributed by atoms with Crippen molar-refractivity contribution in [2.75, 3.05) is 18.0 Å². The number of nitrogens with two attached hydrogens (primary N) is 1. The number of fused-ring (bicyclic) bond motifs is 1. The van der Waals surface area contributed by atoms with Gasteiger partial charge in [-0.1, -0.05) is 12.1 Å². The van der Waals surface area contributed by atoms with Crippen LogP contribution in [0.4, 0.5) is 5.69 Å². The minimum Gasteiger partial charge on any atom is -0.330 e. The molecule has 0 bridgehead atoms. The zero-order valence-corrected chi connectivity index (χ0v) is 9.23. The van der Waals surface area contributed by atoms with Crippen molar-refractivity contribution >= 4 is 11.6 Å². The summed E-state index contributed by atoms with van der Waals surface area (Å²) in [6.07, 6.45) is 2.01. The molecule has 3 rings (SSSR count). The predicted octanol–water partition coefficient (Wildman–Crippen LogP) is 1.17. The summed E-state index contributed by atoms with van der Waals surface area (Å²) in [7, 11) is 0. The maximum atomic E-state index is 11.9. The first-order chi connectivity index (χ1) is 7.79. The molecule has 2 aliphatic rings. The third-order valence-electron chi connectivity index (χ3n) is 3.60. The quantitative estimate of drug-likeness (QED) is 0.824. The maximum Gasteiger partial charge on any atom is 0.230 e. The van der Waals surface area contributed by atoms with Crippen LogP contribution in [0.25, 0.3) is 0 Å². The second-order valence-electron chi connectivity index (χ2n) is 4.76. The lowest BCUT2D eigenvalue weighted by molar-refractivity contribution is -0.118. The zero-order valence-electron chi connectivity index (χ0n) is 9.23. The lowest BCUT2D eigenvalue weighted by Gasteiger charge is -2.18. The first-order valence-corrected chi connectivity index (χ1v) is 5.90. The molecule has 2 N–H and O–H groups in total. The van der Waals surface area contributed by atoms with Gasteiger partial charge in [-0.25, -0.2) is 0 Å². The van der Waals surface area contributed by atoms with Gasteiger partial charge in [-0.05, 0) is 43.0 Å². The Bertz CT molecular complexity index is 412. The Morgan fingerprint density at radius 3 is 2.62 bits per heavy atom. The summed E-state index contributed by atoms with van der Waals surface area (Å²) in [6, 6.07) is 8.21. The largest absolute Gasteiger partial charge is 0.330 e. The van der Waals surface area contributed by atoms with Crippen molar-refractivity contribution in [2.24, 2.45) is 17.6 Å². The van der Waals surface area contributed by atoms with E-state index in [-0.39, 0.29) is 0 Å². The monoisotopic (exact) mass is 216 g/mol. The van der Waals surface area contributed by atoms with Crippen molar-refractivity contribution in [3.05, 3.63) is 29.8 Å². The van der Waals surface area contributed by atoms with Gasteiger partial charge in [-0.3, -0.25) is 4.79 Å². The highest BCUT2D eigenvalue weighted by Gasteiger charge is 2.52. The molecule has 2 atom stereocenters. The molecule has 0 radical (unpaired) electrons. The molecule has 3 heteroatoms. The summed E-state index contributed by atoms with van der Waals surface area (Å²) in [4.78, 5) is 13.8. The van der Waals surface area contributed by atoms with E-state index in [0.29, 0.717) is 24.3 Å². The van der Waals surface area contributed by atoms with Gasteiger partial charge in [-0.2, -0.15) is 0 Å². The number of amides is 1. The highest BCUT2D eigenvalue weighted by atomic mass is 16.2. The molecule has 16 heavy (non-hydrogen) atoms. The van der Waals surface area contributed by atoms with Gasteiger partial charge in [0.1, 0.15) is 0 Å². The molecular weight excluding hydrogens is 200 g/mol. The molecule has 0 aromatic heterocycles. The van der Waals surface area contributed by atoms with E-state index in [1.54, 1.807) is 0 Å². The highest BCUT2D eigenvalue weighted by molar-refractivity contribution is 5.99. The van der Waals surface area contributed by atoms with Gasteiger partial charge in [-0.15, -0.1) is 0 Å². The number of hydrogen-bond acceptors (Lipinski definition) is 2. The smallest absolute Gasteiger partial charge is 0.230 e. The van der Waals surface area contributed by atoms with Crippen LogP contribution in [0, 0.1) is 11.8 Å². The lowest BCUT2D eigenvalue weighted by atomic mass is 10.1. The summed E-state index contributed by atoms with van der Waals surface area (Å²) in [5.41, 5.74) is 7.78. The van der Waals surface area contributed by atoms with Crippen LogP contribution >= 0.6 is 0 Å². The SMILES string of the molecule is NCCc1ccc(N2CC3CC3C2=O)cc1. The van der Waals surface area contributed by atoms with Crippen molar-refractivity contribution < 1.29 is 4.79 Å². The number of carbonyl (C=O) groups is 1. The minimum atomic E-state index is 0.316. The van der Waals surface area contributed by atoms with Crippen molar-refractivity contribution in [2.45, 2.75) is 12.8 Å². The summed E-state index contributed by atoms with van der Waals surface area (Å²) in [5, 5.41) is 0. The summed E-state index contributed by atoms with van der Waals surface area (Å²) >= 11 is 0. The fourth-order valence-electron chi connectivity index (χ4n) is 2.52. The number of piperidine rings is 1. The molecule has 2 fully saturated rings. The molecule has 1 saturated heterocycles.